The predicted molar refractivity (Wildman–Crippen MR) is 129 cm³/mol. The number of anilines is 1. The van der Waals surface area contributed by atoms with Crippen LogP contribution in [0.1, 0.15) is 22.3 Å². The summed E-state index contributed by atoms with van der Waals surface area (Å²) in [5, 5.41) is 11.8. The number of rotatable bonds is 7. The van der Waals surface area contributed by atoms with Crippen LogP contribution in [0.2, 0.25) is 0 Å². The van der Waals surface area contributed by atoms with Gasteiger partial charge in [-0.25, -0.2) is 9.79 Å². The van der Waals surface area contributed by atoms with E-state index in [2.05, 4.69) is 10.3 Å². The number of hydrogen-bond acceptors (Lipinski definition) is 5. The van der Waals surface area contributed by atoms with Crippen molar-refractivity contribution in [2.24, 2.45) is 4.99 Å². The third kappa shape index (κ3) is 5.67. The first-order valence-corrected chi connectivity index (χ1v) is 11.2. The predicted octanol–water partition coefficient (Wildman–Crippen LogP) is 4.55. The molecule has 2 amide bonds. The number of thioether (sulfide) groups is 1. The normalized spacial score (nSPS) is 16.7. The second-order valence-corrected chi connectivity index (χ2v) is 8.55. The number of carboxylic acids is 1. The van der Waals surface area contributed by atoms with E-state index in [9.17, 15) is 14.4 Å². The molecule has 1 aliphatic rings. The molecule has 1 aliphatic heterocycles. The van der Waals surface area contributed by atoms with Gasteiger partial charge in [0.1, 0.15) is 5.25 Å². The molecule has 7 nitrogen and oxygen atoms in total. The van der Waals surface area contributed by atoms with Gasteiger partial charge in [0, 0.05) is 12.1 Å². The van der Waals surface area contributed by atoms with Crippen molar-refractivity contribution in [2.45, 2.75) is 18.2 Å². The van der Waals surface area contributed by atoms with Gasteiger partial charge in [0.25, 0.3) is 0 Å². The lowest BCUT2D eigenvalue weighted by Gasteiger charge is -2.16. The van der Waals surface area contributed by atoms with E-state index in [-0.39, 0.29) is 23.8 Å². The van der Waals surface area contributed by atoms with Gasteiger partial charge in [0.15, 0.2) is 5.17 Å². The summed E-state index contributed by atoms with van der Waals surface area (Å²) in [4.78, 5) is 43.0. The Morgan fingerprint density at radius 1 is 0.939 bits per heavy atom. The molecule has 1 saturated heterocycles. The van der Waals surface area contributed by atoms with Crippen molar-refractivity contribution in [3.63, 3.8) is 0 Å². The van der Waals surface area contributed by atoms with Crippen LogP contribution in [0.5, 0.6) is 0 Å². The fourth-order valence-corrected chi connectivity index (χ4v) is 4.48. The van der Waals surface area contributed by atoms with Crippen molar-refractivity contribution in [1.82, 2.24) is 4.90 Å². The summed E-state index contributed by atoms with van der Waals surface area (Å²) in [7, 11) is 0. The minimum atomic E-state index is -1.02. The average molecular weight is 460 g/mol. The van der Waals surface area contributed by atoms with E-state index in [1.165, 1.54) is 23.9 Å². The van der Waals surface area contributed by atoms with E-state index in [1.807, 2.05) is 48.5 Å². The Morgan fingerprint density at radius 3 is 2.21 bits per heavy atom. The van der Waals surface area contributed by atoms with Crippen molar-refractivity contribution in [3.05, 3.63) is 96.1 Å². The Labute approximate surface area is 195 Å². The lowest BCUT2D eigenvalue weighted by atomic mass is 10.2. The number of benzene rings is 3. The van der Waals surface area contributed by atoms with Gasteiger partial charge >= 0.3 is 5.97 Å². The number of aliphatic imine (C=N–C) groups is 1. The summed E-state index contributed by atoms with van der Waals surface area (Å²) in [6.45, 7) is 0.329. The first-order valence-electron chi connectivity index (χ1n) is 10.3. The molecule has 33 heavy (non-hydrogen) atoms. The van der Waals surface area contributed by atoms with Gasteiger partial charge in [-0.2, -0.15) is 0 Å². The lowest BCUT2D eigenvalue weighted by Crippen LogP contribution is -2.33. The zero-order chi connectivity index (χ0) is 23.2. The number of aromatic carboxylic acids is 1. The molecule has 166 valence electrons. The van der Waals surface area contributed by atoms with Crippen molar-refractivity contribution in [3.8, 4) is 0 Å². The molecule has 3 aromatic rings. The van der Waals surface area contributed by atoms with E-state index in [1.54, 1.807) is 29.2 Å². The van der Waals surface area contributed by atoms with Gasteiger partial charge in [-0.1, -0.05) is 60.3 Å². The summed E-state index contributed by atoms with van der Waals surface area (Å²) in [5.74, 6) is -1.46. The number of amidine groups is 1. The molecule has 0 spiro atoms. The lowest BCUT2D eigenvalue weighted by molar-refractivity contribution is -0.128. The summed E-state index contributed by atoms with van der Waals surface area (Å²) in [6, 6.07) is 24.8. The van der Waals surface area contributed by atoms with Crippen LogP contribution in [0.4, 0.5) is 11.4 Å². The maximum Gasteiger partial charge on any atom is 0.335 e. The van der Waals surface area contributed by atoms with Crippen LogP contribution in [-0.4, -0.2) is 38.2 Å². The minimum Gasteiger partial charge on any atom is -0.478 e. The van der Waals surface area contributed by atoms with Gasteiger partial charge in [-0.05, 0) is 42.0 Å². The maximum absolute atomic E-state index is 13.2. The zero-order valence-corrected chi connectivity index (χ0v) is 18.4. The number of nitrogens with one attached hydrogen (secondary N) is 1. The number of hydrogen-bond donors (Lipinski definition) is 2. The van der Waals surface area contributed by atoms with Crippen molar-refractivity contribution in [1.29, 1.82) is 0 Å². The molecular formula is C25H21N3O4S. The number of nitrogens with zero attached hydrogens (tertiary/aromatic N) is 2. The van der Waals surface area contributed by atoms with Gasteiger partial charge in [0.2, 0.25) is 11.8 Å². The third-order valence-corrected chi connectivity index (χ3v) is 6.15. The second-order valence-electron chi connectivity index (χ2n) is 7.38. The Hall–Kier alpha value is -3.91. The van der Waals surface area contributed by atoms with E-state index in [0.717, 1.165) is 5.56 Å². The highest BCUT2D eigenvalue weighted by Gasteiger charge is 2.39. The van der Waals surface area contributed by atoms with E-state index >= 15 is 0 Å². The number of para-hydroxylation sites is 1. The fourth-order valence-electron chi connectivity index (χ4n) is 3.33. The minimum absolute atomic E-state index is 0.0145. The van der Waals surface area contributed by atoms with E-state index in [4.69, 9.17) is 5.11 Å². The molecule has 1 unspecified atom stereocenters. The van der Waals surface area contributed by atoms with Crippen molar-refractivity contribution in [2.75, 3.05) is 5.32 Å². The molecule has 4 rings (SSSR count). The molecule has 0 aromatic heterocycles. The fraction of sp³-hybridized carbons (Fsp3) is 0.120. The van der Waals surface area contributed by atoms with Crippen LogP contribution in [-0.2, 0) is 16.1 Å². The summed E-state index contributed by atoms with van der Waals surface area (Å²) < 4.78 is 0. The molecular weight excluding hydrogens is 438 g/mol. The number of carbonyl (C=O) groups excluding carboxylic acids is 2. The topological polar surface area (TPSA) is 99.1 Å². The number of carbonyl (C=O) groups is 3. The van der Waals surface area contributed by atoms with Crippen molar-refractivity contribution >= 4 is 46.1 Å². The molecule has 0 aliphatic carbocycles. The summed E-state index contributed by atoms with van der Waals surface area (Å²) >= 11 is 1.24. The first kappa shape index (κ1) is 22.3. The highest BCUT2D eigenvalue weighted by Crippen LogP contribution is 2.33. The first-order chi connectivity index (χ1) is 16.0. The Kier molecular flexibility index (Phi) is 6.85. The quantitative estimate of drug-likeness (QED) is 0.540. The standard InChI is InChI=1S/C25H21N3O4S/c29-22(26-19-9-5-2-6-10-19)15-21-23(30)28(16-17-7-3-1-4-8-17)25(33-21)27-20-13-11-18(12-14-20)24(31)32/h1-14,21H,15-16H2,(H,26,29)(H,31,32). The highest BCUT2D eigenvalue weighted by atomic mass is 32.2. The van der Waals surface area contributed by atoms with Gasteiger partial charge in [-0.3, -0.25) is 14.5 Å². The zero-order valence-electron chi connectivity index (χ0n) is 17.5. The molecule has 3 aromatic carbocycles. The van der Waals surface area contributed by atoms with E-state index in [0.29, 0.717) is 23.1 Å². The highest BCUT2D eigenvalue weighted by molar-refractivity contribution is 8.15. The Morgan fingerprint density at radius 2 is 1.58 bits per heavy atom. The molecule has 1 heterocycles. The molecule has 1 fully saturated rings. The largest absolute Gasteiger partial charge is 0.478 e. The SMILES string of the molecule is O=C(CC1SC(=Nc2ccc(C(=O)O)cc2)N(Cc2ccccc2)C1=O)Nc1ccccc1. The molecule has 8 heteroatoms. The molecule has 2 N–H and O–H groups in total. The molecule has 1 atom stereocenters. The van der Waals surface area contributed by atoms with Crippen LogP contribution < -0.4 is 5.32 Å². The van der Waals surface area contributed by atoms with E-state index < -0.39 is 11.2 Å². The molecule has 0 saturated carbocycles. The Balaban J connectivity index is 1.55. The monoisotopic (exact) mass is 459 g/mol. The van der Waals surface area contributed by atoms with Crippen LogP contribution in [0.15, 0.2) is 89.9 Å². The van der Waals surface area contributed by atoms with Crippen LogP contribution in [0, 0.1) is 0 Å². The summed E-state index contributed by atoms with van der Waals surface area (Å²) in [6.07, 6.45) is 0.0145. The van der Waals surface area contributed by atoms with Gasteiger partial charge in [-0.15, -0.1) is 0 Å². The second kappa shape index (κ2) is 10.1. The van der Waals surface area contributed by atoms with Crippen molar-refractivity contribution < 1.29 is 19.5 Å². The van der Waals surface area contributed by atoms with Gasteiger partial charge < -0.3 is 10.4 Å². The molecule has 0 radical (unpaired) electrons. The van der Waals surface area contributed by atoms with Crippen LogP contribution >= 0.6 is 11.8 Å². The summed E-state index contributed by atoms with van der Waals surface area (Å²) in [5.41, 5.74) is 2.30. The number of carboxylic acid groups (broad SMARTS) is 1. The third-order valence-electron chi connectivity index (χ3n) is 4.97. The van der Waals surface area contributed by atoms with Crippen LogP contribution in [0.3, 0.4) is 0 Å². The maximum atomic E-state index is 13.2. The van der Waals surface area contributed by atoms with Crippen LogP contribution in [0.25, 0.3) is 0 Å². The van der Waals surface area contributed by atoms with Gasteiger partial charge in [0.05, 0.1) is 17.8 Å². The Bertz CT molecular complexity index is 1180. The average Bonchev–Trinajstić information content (AvgIpc) is 3.09. The molecule has 0 bridgehead atoms. The number of amides is 2. The smallest absolute Gasteiger partial charge is 0.335 e.